The second-order valence-electron chi connectivity index (χ2n) is 5.98. The van der Waals surface area contributed by atoms with Crippen LogP contribution in [0.3, 0.4) is 0 Å². The van der Waals surface area contributed by atoms with E-state index in [2.05, 4.69) is 28.5 Å². The van der Waals surface area contributed by atoms with Crippen molar-refractivity contribution in [1.82, 2.24) is 9.97 Å². The van der Waals surface area contributed by atoms with Gasteiger partial charge in [0.15, 0.2) is 5.01 Å². The van der Waals surface area contributed by atoms with Gasteiger partial charge in [-0.15, -0.1) is 11.3 Å². The molecule has 2 heterocycles. The maximum atomic E-state index is 12.8. The number of pyridine rings is 1. The molecule has 0 atom stereocenters. The Labute approximate surface area is 178 Å². The SMILES string of the molecule is CCc1ccc(NSc2csc(C#Cc3cc(C(F)(F)F)[nH]c(=O)c3)n2)c(OC)c1. The molecule has 0 saturated heterocycles. The van der Waals surface area contributed by atoms with Gasteiger partial charge in [-0.3, -0.25) is 4.79 Å². The lowest BCUT2D eigenvalue weighted by Gasteiger charge is -2.10. The Kier molecular flexibility index (Phi) is 6.74. The van der Waals surface area contributed by atoms with Crippen LogP contribution < -0.4 is 15.0 Å². The normalized spacial score (nSPS) is 11.0. The number of aromatic amines is 1. The molecule has 0 radical (unpaired) electrons. The number of thiazole rings is 1. The Balaban J connectivity index is 1.72. The highest BCUT2D eigenvalue weighted by atomic mass is 32.2. The van der Waals surface area contributed by atoms with Crippen molar-refractivity contribution in [3.63, 3.8) is 0 Å². The summed E-state index contributed by atoms with van der Waals surface area (Å²) in [5.74, 6) is 5.97. The zero-order chi connectivity index (χ0) is 21.7. The van der Waals surface area contributed by atoms with Gasteiger partial charge in [0.1, 0.15) is 16.5 Å². The van der Waals surface area contributed by atoms with Crippen molar-refractivity contribution in [2.45, 2.75) is 24.5 Å². The first-order chi connectivity index (χ1) is 14.3. The molecule has 0 spiro atoms. The average Bonchev–Trinajstić information content (AvgIpc) is 3.17. The minimum absolute atomic E-state index is 0.0330. The highest BCUT2D eigenvalue weighted by Crippen LogP contribution is 2.31. The highest BCUT2D eigenvalue weighted by molar-refractivity contribution is 8.00. The minimum Gasteiger partial charge on any atom is -0.495 e. The number of alkyl halides is 3. The Morgan fingerprint density at radius 3 is 2.77 bits per heavy atom. The summed E-state index contributed by atoms with van der Waals surface area (Å²) in [5.41, 5.74) is -0.0846. The third kappa shape index (κ3) is 5.58. The van der Waals surface area contributed by atoms with Crippen LogP contribution >= 0.6 is 23.3 Å². The highest BCUT2D eigenvalue weighted by Gasteiger charge is 2.32. The molecule has 0 aliphatic heterocycles. The minimum atomic E-state index is -4.65. The van der Waals surface area contributed by atoms with E-state index in [1.54, 1.807) is 17.5 Å². The fraction of sp³-hybridized carbons (Fsp3) is 0.200. The van der Waals surface area contributed by atoms with Crippen LogP contribution in [0.5, 0.6) is 5.75 Å². The molecular formula is C20H16F3N3O2S2. The van der Waals surface area contributed by atoms with Crippen molar-refractivity contribution < 1.29 is 17.9 Å². The number of hydrogen-bond acceptors (Lipinski definition) is 6. The van der Waals surface area contributed by atoms with E-state index >= 15 is 0 Å². The molecule has 156 valence electrons. The quantitative estimate of drug-likeness (QED) is 0.425. The molecule has 0 aliphatic rings. The summed E-state index contributed by atoms with van der Waals surface area (Å²) in [4.78, 5) is 17.5. The van der Waals surface area contributed by atoms with E-state index in [0.29, 0.717) is 15.8 Å². The van der Waals surface area contributed by atoms with Crippen LogP contribution in [0.2, 0.25) is 0 Å². The number of aryl methyl sites for hydroxylation is 1. The molecule has 0 saturated carbocycles. The van der Waals surface area contributed by atoms with Crippen LogP contribution in [-0.2, 0) is 12.6 Å². The number of benzene rings is 1. The van der Waals surface area contributed by atoms with Crippen molar-refractivity contribution in [1.29, 1.82) is 0 Å². The van der Waals surface area contributed by atoms with E-state index in [0.717, 1.165) is 29.8 Å². The lowest BCUT2D eigenvalue weighted by Crippen LogP contribution is -2.16. The smallest absolute Gasteiger partial charge is 0.431 e. The topological polar surface area (TPSA) is 67.0 Å². The van der Waals surface area contributed by atoms with Gasteiger partial charge in [-0.1, -0.05) is 18.9 Å². The molecule has 3 rings (SSSR count). The van der Waals surface area contributed by atoms with Crippen LogP contribution in [0.1, 0.15) is 28.8 Å². The van der Waals surface area contributed by atoms with E-state index < -0.39 is 17.4 Å². The third-order valence-corrected chi connectivity index (χ3v) is 5.53. The number of rotatable bonds is 5. The molecule has 3 aromatic rings. The Hall–Kier alpha value is -2.90. The van der Waals surface area contributed by atoms with Gasteiger partial charge in [0, 0.05) is 29.0 Å². The molecule has 5 nitrogen and oxygen atoms in total. The van der Waals surface area contributed by atoms with Gasteiger partial charge in [-0.2, -0.15) is 13.2 Å². The number of anilines is 1. The van der Waals surface area contributed by atoms with E-state index in [9.17, 15) is 18.0 Å². The number of hydrogen-bond donors (Lipinski definition) is 2. The first kappa shape index (κ1) is 21.8. The monoisotopic (exact) mass is 451 g/mol. The molecule has 0 amide bonds. The van der Waals surface area contributed by atoms with Gasteiger partial charge in [0.2, 0.25) is 5.56 Å². The van der Waals surface area contributed by atoms with Crippen LogP contribution in [0.4, 0.5) is 18.9 Å². The Morgan fingerprint density at radius 1 is 1.27 bits per heavy atom. The number of methoxy groups -OCH3 is 1. The van der Waals surface area contributed by atoms with Crippen LogP contribution in [-0.4, -0.2) is 17.1 Å². The Morgan fingerprint density at radius 2 is 2.07 bits per heavy atom. The summed E-state index contributed by atoms with van der Waals surface area (Å²) >= 11 is 2.51. The molecular weight excluding hydrogens is 435 g/mol. The standard InChI is InChI=1S/C20H16F3N3O2S2/c1-3-12-4-6-14(15(8-12)28-2)26-30-19-11-29-18(25-19)7-5-13-9-16(20(21,22)23)24-17(27)10-13/h4,6,8-11,26H,3H2,1-2H3,(H,24,27). The predicted octanol–water partition coefficient (Wildman–Crippen LogP) is 4.94. The van der Waals surface area contributed by atoms with Gasteiger partial charge in [0.25, 0.3) is 0 Å². The molecule has 30 heavy (non-hydrogen) atoms. The maximum absolute atomic E-state index is 12.8. The summed E-state index contributed by atoms with van der Waals surface area (Å²) < 4.78 is 46.9. The molecule has 2 aromatic heterocycles. The van der Waals surface area contributed by atoms with Crippen LogP contribution in [0, 0.1) is 11.8 Å². The third-order valence-electron chi connectivity index (χ3n) is 3.89. The summed E-state index contributed by atoms with van der Waals surface area (Å²) in [7, 11) is 1.60. The zero-order valence-corrected chi connectivity index (χ0v) is 17.5. The molecule has 0 unspecified atom stereocenters. The second kappa shape index (κ2) is 9.28. The average molecular weight is 451 g/mol. The van der Waals surface area contributed by atoms with Crippen LogP contribution in [0.25, 0.3) is 0 Å². The number of ether oxygens (including phenoxy) is 1. The number of aromatic nitrogens is 2. The molecule has 1 aromatic carbocycles. The van der Waals surface area contributed by atoms with Crippen molar-refractivity contribution in [2.24, 2.45) is 0 Å². The first-order valence-corrected chi connectivity index (χ1v) is 10.4. The van der Waals surface area contributed by atoms with Gasteiger partial charge in [-0.05, 0) is 36.1 Å². The van der Waals surface area contributed by atoms with E-state index in [4.69, 9.17) is 4.74 Å². The van der Waals surface area contributed by atoms with Gasteiger partial charge in [-0.25, -0.2) is 4.98 Å². The lowest BCUT2D eigenvalue weighted by molar-refractivity contribution is -0.141. The molecule has 0 aliphatic carbocycles. The Bertz CT molecular complexity index is 1160. The molecule has 0 fully saturated rings. The summed E-state index contributed by atoms with van der Waals surface area (Å²) in [6, 6.07) is 7.69. The fourth-order valence-electron chi connectivity index (χ4n) is 2.40. The summed E-state index contributed by atoms with van der Waals surface area (Å²) in [5, 5.41) is 2.84. The van der Waals surface area contributed by atoms with Crippen molar-refractivity contribution in [3.05, 3.63) is 67.9 Å². The molecule has 2 N–H and O–H groups in total. The molecule has 0 bridgehead atoms. The first-order valence-electron chi connectivity index (χ1n) is 8.67. The van der Waals surface area contributed by atoms with Crippen molar-refractivity contribution >= 4 is 29.0 Å². The van der Waals surface area contributed by atoms with Gasteiger partial charge >= 0.3 is 6.18 Å². The maximum Gasteiger partial charge on any atom is 0.431 e. The lowest BCUT2D eigenvalue weighted by atomic mass is 10.1. The zero-order valence-electron chi connectivity index (χ0n) is 15.9. The molecule has 10 heteroatoms. The van der Waals surface area contributed by atoms with E-state index in [1.807, 2.05) is 18.2 Å². The van der Waals surface area contributed by atoms with Crippen molar-refractivity contribution in [3.8, 4) is 17.6 Å². The van der Waals surface area contributed by atoms with Crippen LogP contribution in [0.15, 0.2) is 45.5 Å². The number of nitrogens with one attached hydrogen (secondary N) is 2. The number of H-pyrrole nitrogens is 1. The number of halogens is 3. The van der Waals surface area contributed by atoms with E-state index in [-0.39, 0.29) is 5.56 Å². The number of nitrogens with zero attached hydrogens (tertiary/aromatic N) is 1. The summed E-state index contributed by atoms with van der Waals surface area (Å²) in [6.45, 7) is 2.06. The predicted molar refractivity (Wildman–Crippen MR) is 112 cm³/mol. The van der Waals surface area contributed by atoms with E-state index in [1.165, 1.54) is 23.3 Å². The van der Waals surface area contributed by atoms with Crippen molar-refractivity contribution in [2.75, 3.05) is 11.8 Å². The largest absolute Gasteiger partial charge is 0.495 e. The summed E-state index contributed by atoms with van der Waals surface area (Å²) in [6.07, 6.45) is -3.75. The van der Waals surface area contributed by atoms with Gasteiger partial charge in [0.05, 0.1) is 12.8 Å². The second-order valence-corrected chi connectivity index (χ2v) is 7.66. The fourth-order valence-corrected chi connectivity index (χ4v) is 3.85. The van der Waals surface area contributed by atoms with Gasteiger partial charge < -0.3 is 14.4 Å².